The van der Waals surface area contributed by atoms with Gasteiger partial charge in [0.05, 0.1) is 18.4 Å². The predicted octanol–water partition coefficient (Wildman–Crippen LogP) is 7.27. The van der Waals surface area contributed by atoms with Gasteiger partial charge in [0.15, 0.2) is 25.7 Å². The molecular formula is C27H23F3O6S4. The van der Waals surface area contributed by atoms with Crippen LogP contribution in [0.2, 0.25) is 0 Å². The zero-order valence-electron chi connectivity index (χ0n) is 21.3. The maximum Gasteiger partial charge on any atom is 0.485 e. The van der Waals surface area contributed by atoms with Gasteiger partial charge in [-0.15, -0.1) is 0 Å². The molecule has 13 heteroatoms. The largest absolute Gasteiger partial charge is 0.741 e. The van der Waals surface area contributed by atoms with Crippen LogP contribution in [0, 0.1) is 0 Å². The Labute approximate surface area is 241 Å². The number of halogens is 3. The number of carbonyl (C=O) groups is 1. The smallest absolute Gasteiger partial charge is 0.485 e. The summed E-state index contributed by atoms with van der Waals surface area (Å²) >= 11 is 3.52. The molecule has 0 amide bonds. The van der Waals surface area contributed by atoms with Crippen LogP contribution in [0.25, 0.3) is 0 Å². The van der Waals surface area contributed by atoms with Gasteiger partial charge in [0.2, 0.25) is 4.21 Å². The Bertz CT molecular complexity index is 1470. The first-order chi connectivity index (χ1) is 18.8. The van der Waals surface area contributed by atoms with E-state index in [1.165, 1.54) is 18.2 Å². The molecule has 3 aromatic carbocycles. The fourth-order valence-corrected chi connectivity index (χ4v) is 8.07. The van der Waals surface area contributed by atoms with Crippen molar-refractivity contribution in [2.45, 2.75) is 35.5 Å². The SMILES string of the molecule is COc1ccc([S+](c2ccc(OC)cc2)c2ccc(Sc3ccc(C(C)=O)cc3)s2)cc1.O=S(=O)([O-])C(F)(F)F. The number of hydrogen-bond donors (Lipinski definition) is 0. The van der Waals surface area contributed by atoms with Gasteiger partial charge in [-0.3, -0.25) is 4.79 Å². The normalized spacial score (nSPS) is 11.5. The fourth-order valence-electron chi connectivity index (χ4n) is 3.13. The lowest BCUT2D eigenvalue weighted by molar-refractivity contribution is -0.0517. The molecular weight excluding hydrogens is 606 g/mol. The summed E-state index contributed by atoms with van der Waals surface area (Å²) in [5.41, 5.74) is -4.91. The maximum atomic E-state index is 11.5. The zero-order chi connectivity index (χ0) is 29.5. The van der Waals surface area contributed by atoms with E-state index in [2.05, 4.69) is 36.4 Å². The van der Waals surface area contributed by atoms with Gasteiger partial charge in [-0.05, 0) is 73.7 Å². The number of ketones is 1. The summed E-state index contributed by atoms with van der Waals surface area (Å²) in [7, 11) is -2.95. The third kappa shape index (κ3) is 8.51. The van der Waals surface area contributed by atoms with Crippen molar-refractivity contribution in [3.05, 3.63) is 90.5 Å². The molecule has 0 aliphatic rings. The van der Waals surface area contributed by atoms with Gasteiger partial charge in [0, 0.05) is 16.5 Å². The Hall–Kier alpha value is -2.97. The number of alkyl halides is 3. The summed E-state index contributed by atoms with van der Waals surface area (Å²) in [6.07, 6.45) is 0. The molecule has 0 saturated heterocycles. The molecule has 40 heavy (non-hydrogen) atoms. The highest BCUT2D eigenvalue weighted by Crippen LogP contribution is 2.41. The highest BCUT2D eigenvalue weighted by atomic mass is 32.2. The van der Waals surface area contributed by atoms with E-state index in [1.54, 1.807) is 44.2 Å². The van der Waals surface area contributed by atoms with Crippen molar-refractivity contribution in [2.24, 2.45) is 0 Å². The summed E-state index contributed by atoms with van der Waals surface area (Å²) < 4.78 is 72.1. The van der Waals surface area contributed by atoms with Crippen LogP contribution in [0.1, 0.15) is 17.3 Å². The molecule has 1 heterocycles. The van der Waals surface area contributed by atoms with Crippen molar-refractivity contribution in [1.29, 1.82) is 0 Å². The van der Waals surface area contributed by atoms with Crippen molar-refractivity contribution in [1.82, 2.24) is 0 Å². The quantitative estimate of drug-likeness (QED) is 0.0877. The van der Waals surface area contributed by atoms with Crippen molar-refractivity contribution < 1.29 is 40.4 Å². The van der Waals surface area contributed by atoms with E-state index in [9.17, 15) is 18.0 Å². The Kier molecular flexibility index (Phi) is 10.7. The molecule has 0 aliphatic carbocycles. The number of thiophene rings is 1. The van der Waals surface area contributed by atoms with Gasteiger partial charge in [0.1, 0.15) is 22.4 Å². The average molecular weight is 629 g/mol. The third-order valence-electron chi connectivity index (χ3n) is 5.11. The van der Waals surface area contributed by atoms with E-state index < -0.39 is 15.6 Å². The Morgan fingerprint density at radius 1 is 0.825 bits per heavy atom. The first kappa shape index (κ1) is 31.6. The highest BCUT2D eigenvalue weighted by Gasteiger charge is 2.37. The number of hydrogen-bond acceptors (Lipinski definition) is 8. The first-order valence-electron chi connectivity index (χ1n) is 11.3. The number of methoxy groups -OCH3 is 2. The van der Waals surface area contributed by atoms with Crippen LogP contribution in [0.5, 0.6) is 11.5 Å². The zero-order valence-corrected chi connectivity index (χ0v) is 24.6. The number of rotatable bonds is 8. The molecule has 0 unspecified atom stereocenters. The van der Waals surface area contributed by atoms with Crippen LogP contribution in [-0.2, 0) is 21.0 Å². The first-order valence-corrected chi connectivity index (χ1v) is 15.5. The van der Waals surface area contributed by atoms with E-state index in [0.29, 0.717) is 0 Å². The van der Waals surface area contributed by atoms with Crippen LogP contribution in [0.3, 0.4) is 0 Å². The van der Waals surface area contributed by atoms with Gasteiger partial charge >= 0.3 is 5.51 Å². The van der Waals surface area contributed by atoms with Crippen LogP contribution < -0.4 is 9.47 Å². The lowest BCUT2D eigenvalue weighted by atomic mass is 10.2. The maximum absolute atomic E-state index is 11.5. The highest BCUT2D eigenvalue weighted by molar-refractivity contribution is 8.02. The van der Waals surface area contributed by atoms with E-state index in [1.807, 2.05) is 48.5 Å². The monoisotopic (exact) mass is 628 g/mol. The van der Waals surface area contributed by atoms with Crippen molar-refractivity contribution in [2.75, 3.05) is 14.2 Å². The summed E-state index contributed by atoms with van der Waals surface area (Å²) in [6.45, 7) is 1.59. The van der Waals surface area contributed by atoms with Crippen LogP contribution >= 0.6 is 23.1 Å². The number of Topliss-reactive ketones (excluding diaryl/α,β-unsaturated/α-hetero) is 1. The van der Waals surface area contributed by atoms with Gasteiger partial charge in [-0.25, -0.2) is 8.42 Å². The standard InChI is InChI=1S/C26H23O3S3.CHF3O3S/c1-18(27)19-4-10-22(11-5-19)30-25-16-17-26(31-25)32(23-12-6-20(28-2)7-13-23)24-14-8-21(29-3)9-15-24;2-1(3,4)8(5,6)7/h4-17H,1-3H3;(H,5,6,7)/q+1;/p-1. The molecule has 6 nitrogen and oxygen atoms in total. The van der Waals surface area contributed by atoms with E-state index in [-0.39, 0.29) is 16.7 Å². The number of benzene rings is 3. The average Bonchev–Trinajstić information content (AvgIpc) is 3.37. The summed E-state index contributed by atoms with van der Waals surface area (Å²) in [5.74, 6) is 1.79. The van der Waals surface area contributed by atoms with Gasteiger partial charge in [-0.2, -0.15) is 13.2 Å². The fraction of sp³-hybridized carbons (Fsp3) is 0.148. The second-order valence-electron chi connectivity index (χ2n) is 7.81. The molecule has 0 spiro atoms. The van der Waals surface area contributed by atoms with Crippen molar-refractivity contribution in [3.8, 4) is 11.5 Å². The molecule has 0 fully saturated rings. The predicted molar refractivity (Wildman–Crippen MR) is 149 cm³/mol. The molecule has 212 valence electrons. The van der Waals surface area contributed by atoms with E-state index in [4.69, 9.17) is 22.4 Å². The molecule has 0 bridgehead atoms. The Morgan fingerprint density at radius 3 is 1.65 bits per heavy atom. The van der Waals surface area contributed by atoms with E-state index in [0.717, 1.165) is 22.0 Å². The molecule has 0 saturated carbocycles. The minimum absolute atomic E-state index is 0.0861. The summed E-state index contributed by atoms with van der Waals surface area (Å²) in [4.78, 5) is 15.1. The second-order valence-corrected chi connectivity index (χ2v) is 13.9. The third-order valence-corrected chi connectivity index (χ3v) is 10.5. The molecule has 0 N–H and O–H groups in total. The minimum Gasteiger partial charge on any atom is -0.741 e. The minimum atomic E-state index is -6.09. The second kappa shape index (κ2) is 13.6. The molecule has 4 rings (SSSR count). The Balaban J connectivity index is 0.000000482. The lowest BCUT2D eigenvalue weighted by Crippen LogP contribution is -2.21. The van der Waals surface area contributed by atoms with Gasteiger partial charge in [-0.1, -0.05) is 35.2 Å². The van der Waals surface area contributed by atoms with Gasteiger partial charge < -0.3 is 14.0 Å². The molecule has 0 radical (unpaired) electrons. The molecule has 4 aromatic rings. The van der Waals surface area contributed by atoms with Crippen LogP contribution in [0.4, 0.5) is 13.2 Å². The topological polar surface area (TPSA) is 92.7 Å². The van der Waals surface area contributed by atoms with Crippen LogP contribution in [0.15, 0.2) is 108 Å². The van der Waals surface area contributed by atoms with Crippen molar-refractivity contribution in [3.63, 3.8) is 0 Å². The van der Waals surface area contributed by atoms with Crippen molar-refractivity contribution >= 4 is 49.9 Å². The molecule has 0 atom stereocenters. The number of ether oxygens (including phenoxy) is 2. The van der Waals surface area contributed by atoms with E-state index >= 15 is 0 Å². The summed E-state index contributed by atoms with van der Waals surface area (Å²) in [6, 6.07) is 28.8. The molecule has 0 aliphatic heterocycles. The van der Waals surface area contributed by atoms with Gasteiger partial charge in [0.25, 0.3) is 0 Å². The van der Waals surface area contributed by atoms with Crippen LogP contribution in [-0.4, -0.2) is 38.5 Å². The summed E-state index contributed by atoms with van der Waals surface area (Å²) in [5, 5.41) is 0. The molecule has 1 aromatic heterocycles. The Morgan fingerprint density at radius 2 is 1.27 bits per heavy atom. The number of carbonyl (C=O) groups excluding carboxylic acids is 1. The lowest BCUT2D eigenvalue weighted by Gasteiger charge is -2.08.